The van der Waals surface area contributed by atoms with Crippen LogP contribution in [0.1, 0.15) is 18.0 Å². The maximum Gasteiger partial charge on any atom is 0.240 e. The molecule has 20 heavy (non-hydrogen) atoms. The lowest BCUT2D eigenvalue weighted by molar-refractivity contribution is 0.0729. The first-order valence-electron chi connectivity index (χ1n) is 6.32. The highest BCUT2D eigenvalue weighted by Crippen LogP contribution is 2.35. The molecule has 0 aromatic heterocycles. The topological polar surface area (TPSA) is 55.7 Å². The van der Waals surface area contributed by atoms with Gasteiger partial charge in [0.25, 0.3) is 0 Å². The van der Waals surface area contributed by atoms with Gasteiger partial charge in [-0.05, 0) is 6.07 Å². The second-order valence-corrected chi connectivity index (χ2v) is 4.67. The highest BCUT2D eigenvalue weighted by molar-refractivity contribution is 5.85. The Balaban J connectivity index is 0.00000200. The van der Waals surface area contributed by atoms with Gasteiger partial charge in [-0.25, -0.2) is 8.78 Å². The van der Waals surface area contributed by atoms with Gasteiger partial charge in [0.15, 0.2) is 0 Å². The van der Waals surface area contributed by atoms with Gasteiger partial charge >= 0.3 is 0 Å². The minimum atomic E-state index is -2.44. The number of phenols is 2. The zero-order valence-electron chi connectivity index (χ0n) is 10.9. The minimum absolute atomic E-state index is 0. The van der Waals surface area contributed by atoms with Crippen molar-refractivity contribution in [1.82, 2.24) is 10.2 Å². The quantitative estimate of drug-likeness (QED) is 0.797. The van der Waals surface area contributed by atoms with E-state index in [1.54, 1.807) is 0 Å². The molecule has 0 bridgehead atoms. The summed E-state index contributed by atoms with van der Waals surface area (Å²) in [5.41, 5.74) is 0.444. The summed E-state index contributed by atoms with van der Waals surface area (Å²) in [5.74, 6) is -0.207. The first kappa shape index (κ1) is 16.9. The summed E-state index contributed by atoms with van der Waals surface area (Å²) < 4.78 is 25.5. The molecule has 1 aliphatic heterocycles. The Morgan fingerprint density at radius 3 is 2.40 bits per heavy atom. The van der Waals surface area contributed by atoms with Crippen LogP contribution in [0.2, 0.25) is 0 Å². The van der Waals surface area contributed by atoms with Gasteiger partial charge < -0.3 is 15.5 Å². The Hall–Kier alpha value is -1.11. The number of aromatic hydroxyl groups is 2. The summed E-state index contributed by atoms with van der Waals surface area (Å²) >= 11 is 0. The van der Waals surface area contributed by atoms with Crippen LogP contribution in [0.15, 0.2) is 18.2 Å². The van der Waals surface area contributed by atoms with Crippen molar-refractivity contribution in [2.45, 2.75) is 18.9 Å². The van der Waals surface area contributed by atoms with Crippen LogP contribution < -0.4 is 5.32 Å². The molecule has 1 atom stereocenters. The molecule has 0 saturated carbocycles. The molecular formula is C13H19ClF2N2O2. The number of piperazine rings is 1. The second kappa shape index (κ2) is 7.61. The second-order valence-electron chi connectivity index (χ2n) is 4.67. The lowest BCUT2D eigenvalue weighted by atomic mass is 10.00. The van der Waals surface area contributed by atoms with E-state index in [0.29, 0.717) is 18.7 Å². The number of phenolic OH excluding ortho intramolecular Hbond substituents is 2. The van der Waals surface area contributed by atoms with Crippen molar-refractivity contribution in [2.24, 2.45) is 0 Å². The van der Waals surface area contributed by atoms with E-state index in [1.807, 2.05) is 4.90 Å². The number of hydrogen-bond donors (Lipinski definition) is 3. The smallest absolute Gasteiger partial charge is 0.240 e. The first-order chi connectivity index (χ1) is 9.08. The van der Waals surface area contributed by atoms with Crippen molar-refractivity contribution >= 4 is 12.4 Å². The van der Waals surface area contributed by atoms with E-state index in [9.17, 15) is 19.0 Å². The molecule has 1 aromatic carbocycles. The minimum Gasteiger partial charge on any atom is -0.508 e. The van der Waals surface area contributed by atoms with Crippen molar-refractivity contribution in [3.8, 4) is 11.5 Å². The van der Waals surface area contributed by atoms with Gasteiger partial charge in [0.05, 0.1) is 0 Å². The van der Waals surface area contributed by atoms with Crippen molar-refractivity contribution in [3.05, 3.63) is 23.8 Å². The molecular weight excluding hydrogens is 290 g/mol. The highest BCUT2D eigenvalue weighted by atomic mass is 35.5. The van der Waals surface area contributed by atoms with Crippen LogP contribution in [0.4, 0.5) is 8.78 Å². The number of rotatable bonds is 4. The molecule has 3 N–H and O–H groups in total. The average Bonchev–Trinajstić information content (AvgIpc) is 2.37. The van der Waals surface area contributed by atoms with Crippen LogP contribution >= 0.6 is 12.4 Å². The van der Waals surface area contributed by atoms with E-state index in [-0.39, 0.29) is 30.3 Å². The van der Waals surface area contributed by atoms with E-state index in [2.05, 4.69) is 5.32 Å². The number of nitrogens with zero attached hydrogens (tertiary/aromatic N) is 1. The number of hydrogen-bond acceptors (Lipinski definition) is 4. The van der Waals surface area contributed by atoms with Crippen molar-refractivity contribution < 1.29 is 19.0 Å². The summed E-state index contributed by atoms with van der Waals surface area (Å²) in [7, 11) is 0. The Morgan fingerprint density at radius 2 is 1.85 bits per heavy atom. The lowest BCUT2D eigenvalue weighted by Crippen LogP contribution is -2.45. The number of benzene rings is 1. The maximum absolute atomic E-state index is 12.8. The predicted molar refractivity (Wildman–Crippen MR) is 74.8 cm³/mol. The first-order valence-corrected chi connectivity index (χ1v) is 6.32. The van der Waals surface area contributed by atoms with Crippen molar-refractivity contribution in [2.75, 3.05) is 26.2 Å². The number of alkyl halides is 2. The van der Waals surface area contributed by atoms with E-state index < -0.39 is 12.5 Å². The third kappa shape index (κ3) is 4.19. The SMILES string of the molecule is Cl.Oc1ccc([C@@H](CC(F)F)N2CCNCC2)c(O)c1. The lowest BCUT2D eigenvalue weighted by Gasteiger charge is -2.35. The van der Waals surface area contributed by atoms with Crippen LogP contribution in [0.25, 0.3) is 0 Å². The fourth-order valence-corrected chi connectivity index (χ4v) is 2.45. The molecule has 0 radical (unpaired) electrons. The van der Waals surface area contributed by atoms with Crippen LogP contribution in [0, 0.1) is 0 Å². The van der Waals surface area contributed by atoms with Gasteiger partial charge in [-0.15, -0.1) is 12.4 Å². The van der Waals surface area contributed by atoms with Crippen LogP contribution in [0.3, 0.4) is 0 Å². The number of nitrogens with one attached hydrogen (secondary N) is 1. The fraction of sp³-hybridized carbons (Fsp3) is 0.538. The molecule has 0 amide bonds. The normalized spacial score (nSPS) is 17.8. The molecule has 1 aliphatic rings. The molecule has 1 fully saturated rings. The van der Waals surface area contributed by atoms with Gasteiger partial charge in [-0.1, -0.05) is 6.07 Å². The standard InChI is InChI=1S/C13H18F2N2O2.ClH/c14-13(15)8-11(17-5-3-16-4-6-17)10-2-1-9(18)7-12(10)19;/h1-2,7,11,13,16,18-19H,3-6,8H2;1H/t11-;/m1./s1. The van der Waals surface area contributed by atoms with Gasteiger partial charge in [-0.2, -0.15) is 0 Å². The Labute approximate surface area is 122 Å². The third-order valence-corrected chi connectivity index (χ3v) is 3.37. The molecule has 114 valence electrons. The van der Waals surface area contributed by atoms with Gasteiger partial charge in [0.1, 0.15) is 11.5 Å². The van der Waals surface area contributed by atoms with E-state index >= 15 is 0 Å². The fourth-order valence-electron chi connectivity index (χ4n) is 2.45. The predicted octanol–water partition coefficient (Wildman–Crippen LogP) is 2.12. The molecule has 2 rings (SSSR count). The van der Waals surface area contributed by atoms with Crippen molar-refractivity contribution in [3.63, 3.8) is 0 Å². The Bertz CT molecular complexity index is 429. The molecule has 7 heteroatoms. The Kier molecular flexibility index (Phi) is 6.45. The number of halogens is 3. The zero-order chi connectivity index (χ0) is 13.8. The summed E-state index contributed by atoms with van der Waals surface area (Å²) in [6.45, 7) is 2.83. The molecule has 0 unspecified atom stereocenters. The third-order valence-electron chi connectivity index (χ3n) is 3.37. The zero-order valence-corrected chi connectivity index (χ0v) is 11.7. The average molecular weight is 309 g/mol. The summed E-state index contributed by atoms with van der Waals surface area (Å²) in [5, 5.41) is 22.3. The van der Waals surface area contributed by atoms with Gasteiger partial charge in [0.2, 0.25) is 6.43 Å². The van der Waals surface area contributed by atoms with E-state index in [1.165, 1.54) is 18.2 Å². The Morgan fingerprint density at radius 1 is 1.20 bits per heavy atom. The van der Waals surface area contributed by atoms with Crippen LogP contribution in [-0.2, 0) is 0 Å². The summed E-state index contributed by atoms with van der Waals surface area (Å²) in [4.78, 5) is 1.94. The maximum atomic E-state index is 12.8. The van der Waals surface area contributed by atoms with Gasteiger partial charge in [0, 0.05) is 50.3 Å². The molecule has 1 aromatic rings. The van der Waals surface area contributed by atoms with E-state index in [4.69, 9.17) is 0 Å². The van der Waals surface area contributed by atoms with Crippen molar-refractivity contribution in [1.29, 1.82) is 0 Å². The molecule has 0 spiro atoms. The molecule has 1 heterocycles. The molecule has 4 nitrogen and oxygen atoms in total. The highest BCUT2D eigenvalue weighted by Gasteiger charge is 2.27. The van der Waals surface area contributed by atoms with Crippen LogP contribution in [0.5, 0.6) is 11.5 Å². The largest absolute Gasteiger partial charge is 0.508 e. The monoisotopic (exact) mass is 308 g/mol. The molecule has 1 saturated heterocycles. The van der Waals surface area contributed by atoms with Crippen LogP contribution in [-0.4, -0.2) is 47.7 Å². The summed E-state index contributed by atoms with van der Waals surface area (Å²) in [6, 6.07) is 3.59. The van der Waals surface area contributed by atoms with E-state index in [0.717, 1.165) is 13.1 Å². The van der Waals surface area contributed by atoms with Gasteiger partial charge in [-0.3, -0.25) is 4.90 Å². The molecule has 0 aliphatic carbocycles. The summed E-state index contributed by atoms with van der Waals surface area (Å²) in [6.07, 6.45) is -2.76.